The van der Waals surface area contributed by atoms with Gasteiger partial charge in [0, 0.05) is 49.5 Å². The Balaban J connectivity index is 1.31. The fraction of sp³-hybridized carbons (Fsp3) is 0.524. The highest BCUT2D eigenvalue weighted by molar-refractivity contribution is 5.69. The lowest BCUT2D eigenvalue weighted by Crippen LogP contribution is -2.54. The van der Waals surface area contributed by atoms with E-state index in [9.17, 15) is 9.90 Å². The Labute approximate surface area is 160 Å². The number of nitrogens with one attached hydrogen (secondary N) is 1. The lowest BCUT2D eigenvalue weighted by molar-refractivity contribution is -0.139. The monoisotopic (exact) mass is 368 g/mol. The van der Waals surface area contributed by atoms with Crippen molar-refractivity contribution in [3.8, 4) is 11.3 Å². The lowest BCUT2D eigenvalue weighted by Gasteiger charge is -2.43. The van der Waals surface area contributed by atoms with Gasteiger partial charge < -0.3 is 10.4 Å². The molecule has 1 aromatic carbocycles. The molecule has 0 atom stereocenters. The fourth-order valence-corrected chi connectivity index (χ4v) is 3.96. The Kier molecular flexibility index (Phi) is 5.27. The highest BCUT2D eigenvalue weighted by Crippen LogP contribution is 2.34. The molecule has 0 aliphatic heterocycles. The van der Waals surface area contributed by atoms with Crippen molar-refractivity contribution in [3.63, 3.8) is 0 Å². The molecular formula is C21H28N4O2. The number of nitrogens with zero attached hydrogens (tertiary/aromatic N) is 3. The number of hydrogen-bond acceptors (Lipinski definition) is 4. The minimum absolute atomic E-state index is 0.175. The molecule has 0 unspecified atom stereocenters. The van der Waals surface area contributed by atoms with Crippen LogP contribution in [-0.4, -0.2) is 50.9 Å². The molecular weight excluding hydrogens is 340 g/mol. The number of hydrogen-bond donors (Lipinski definition) is 2. The molecule has 6 nitrogen and oxygen atoms in total. The molecule has 0 saturated heterocycles. The van der Waals surface area contributed by atoms with Crippen LogP contribution in [-0.2, 0) is 18.4 Å². The van der Waals surface area contributed by atoms with Crippen LogP contribution in [0, 0.1) is 5.92 Å². The van der Waals surface area contributed by atoms with Crippen molar-refractivity contribution in [3.05, 3.63) is 42.1 Å². The highest BCUT2D eigenvalue weighted by Gasteiger charge is 2.36. The van der Waals surface area contributed by atoms with Crippen LogP contribution in [0.5, 0.6) is 0 Å². The van der Waals surface area contributed by atoms with E-state index in [0.717, 1.165) is 43.1 Å². The van der Waals surface area contributed by atoms with Crippen LogP contribution < -0.4 is 5.32 Å². The molecule has 0 spiro atoms. The molecule has 2 N–H and O–H groups in total. The second-order valence-corrected chi connectivity index (χ2v) is 8.01. The third kappa shape index (κ3) is 4.57. The van der Waals surface area contributed by atoms with Crippen LogP contribution in [0.1, 0.15) is 31.2 Å². The predicted molar refractivity (Wildman–Crippen MR) is 104 cm³/mol. The second kappa shape index (κ2) is 7.82. The van der Waals surface area contributed by atoms with E-state index in [1.807, 2.05) is 29.9 Å². The van der Waals surface area contributed by atoms with Crippen molar-refractivity contribution in [2.24, 2.45) is 13.0 Å². The summed E-state index contributed by atoms with van der Waals surface area (Å²) in [5.41, 5.74) is 3.37. The van der Waals surface area contributed by atoms with Crippen LogP contribution in [0.2, 0.25) is 0 Å². The fourth-order valence-electron chi connectivity index (χ4n) is 3.96. The van der Waals surface area contributed by atoms with Crippen LogP contribution in [0.25, 0.3) is 11.3 Å². The van der Waals surface area contributed by atoms with Crippen LogP contribution in [0.3, 0.4) is 0 Å². The maximum Gasteiger partial charge on any atom is 0.317 e. The third-order valence-corrected chi connectivity index (χ3v) is 5.69. The summed E-state index contributed by atoms with van der Waals surface area (Å²) in [6.45, 7) is 1.91. The largest absolute Gasteiger partial charge is 0.480 e. The Bertz CT molecular complexity index is 779. The van der Waals surface area contributed by atoms with Gasteiger partial charge in [0.05, 0.1) is 12.2 Å². The van der Waals surface area contributed by atoms with Gasteiger partial charge in [-0.2, -0.15) is 5.10 Å². The molecule has 1 heterocycles. The van der Waals surface area contributed by atoms with E-state index in [2.05, 4.69) is 33.6 Å². The molecule has 4 rings (SSSR count). The molecule has 27 heavy (non-hydrogen) atoms. The topological polar surface area (TPSA) is 70.4 Å². The molecule has 0 bridgehead atoms. The summed E-state index contributed by atoms with van der Waals surface area (Å²) in [4.78, 5) is 13.3. The van der Waals surface area contributed by atoms with Gasteiger partial charge in [0.15, 0.2) is 0 Å². The Morgan fingerprint density at radius 1 is 1.30 bits per heavy atom. The average molecular weight is 368 g/mol. The summed E-state index contributed by atoms with van der Waals surface area (Å²) in [5.74, 6) is 0.00936. The molecule has 2 saturated carbocycles. The molecule has 144 valence electrons. The first kappa shape index (κ1) is 18.2. The Morgan fingerprint density at radius 2 is 2.04 bits per heavy atom. The number of carboxylic acid groups (broad SMARTS) is 1. The van der Waals surface area contributed by atoms with Gasteiger partial charge in [0.1, 0.15) is 0 Å². The first-order valence-electron chi connectivity index (χ1n) is 9.85. The van der Waals surface area contributed by atoms with Gasteiger partial charge in [0.2, 0.25) is 0 Å². The minimum atomic E-state index is -0.713. The van der Waals surface area contributed by atoms with Crippen molar-refractivity contribution < 1.29 is 9.90 Å². The van der Waals surface area contributed by atoms with Gasteiger partial charge in [-0.3, -0.25) is 14.4 Å². The van der Waals surface area contributed by atoms with Gasteiger partial charge in [0.25, 0.3) is 0 Å². The van der Waals surface area contributed by atoms with Crippen LogP contribution in [0.4, 0.5) is 0 Å². The summed E-state index contributed by atoms with van der Waals surface area (Å²) >= 11 is 0. The second-order valence-electron chi connectivity index (χ2n) is 8.01. The van der Waals surface area contributed by atoms with Crippen molar-refractivity contribution in [1.29, 1.82) is 0 Å². The minimum Gasteiger partial charge on any atom is -0.480 e. The number of benzene rings is 1. The zero-order valence-corrected chi connectivity index (χ0v) is 15.8. The van der Waals surface area contributed by atoms with Crippen molar-refractivity contribution >= 4 is 5.97 Å². The van der Waals surface area contributed by atoms with E-state index in [0.29, 0.717) is 12.1 Å². The first-order chi connectivity index (χ1) is 13.1. The highest BCUT2D eigenvalue weighted by atomic mass is 16.4. The standard InChI is InChI=1S/C21H28N4O2/c1-24-13-17(21(23-24)16-5-3-2-4-6-16)11-22-18-9-19(10-18)25(14-20(26)27)12-15-7-8-15/h2-6,13,15,18-19,22H,7-12,14H2,1H3,(H,26,27). The average Bonchev–Trinajstić information content (AvgIpc) is 3.34. The maximum absolute atomic E-state index is 11.2. The molecule has 6 heteroatoms. The SMILES string of the molecule is Cn1cc(CNC2CC(N(CC(=O)O)CC3CC3)C2)c(-c2ccccc2)n1. The van der Waals surface area contributed by atoms with E-state index in [4.69, 9.17) is 0 Å². The number of aromatic nitrogens is 2. The van der Waals surface area contributed by atoms with Gasteiger partial charge in [-0.05, 0) is 31.6 Å². The van der Waals surface area contributed by atoms with Crippen molar-refractivity contribution in [2.75, 3.05) is 13.1 Å². The van der Waals surface area contributed by atoms with Gasteiger partial charge in [-0.25, -0.2) is 0 Å². The molecule has 1 aromatic heterocycles. The van der Waals surface area contributed by atoms with E-state index >= 15 is 0 Å². The van der Waals surface area contributed by atoms with E-state index in [1.165, 1.54) is 18.4 Å². The maximum atomic E-state index is 11.2. The number of rotatable bonds is 9. The zero-order valence-electron chi connectivity index (χ0n) is 15.8. The molecule has 2 fully saturated rings. The summed E-state index contributed by atoms with van der Waals surface area (Å²) in [7, 11) is 1.96. The molecule has 0 amide bonds. The molecule has 2 aliphatic carbocycles. The molecule has 2 aromatic rings. The summed E-state index contributed by atoms with van der Waals surface area (Å²) in [6, 6.07) is 11.1. The summed E-state index contributed by atoms with van der Waals surface area (Å²) in [6.07, 6.45) is 6.65. The Morgan fingerprint density at radius 3 is 2.70 bits per heavy atom. The predicted octanol–water partition coefficient (Wildman–Crippen LogP) is 2.50. The number of carboxylic acids is 1. The zero-order chi connectivity index (χ0) is 18.8. The summed E-state index contributed by atoms with van der Waals surface area (Å²) in [5, 5.41) is 17.4. The number of aliphatic carboxylic acids is 1. The van der Waals surface area contributed by atoms with E-state index < -0.39 is 5.97 Å². The quantitative estimate of drug-likeness (QED) is 0.712. The van der Waals surface area contributed by atoms with Crippen molar-refractivity contribution in [1.82, 2.24) is 20.0 Å². The smallest absolute Gasteiger partial charge is 0.317 e. The lowest BCUT2D eigenvalue weighted by atomic mass is 9.85. The molecule has 2 aliphatic rings. The normalized spacial score (nSPS) is 22.0. The number of aryl methyl sites for hydroxylation is 1. The van der Waals surface area contributed by atoms with E-state index in [1.54, 1.807) is 0 Å². The Hall–Kier alpha value is -2.18. The first-order valence-corrected chi connectivity index (χ1v) is 9.85. The van der Waals surface area contributed by atoms with Crippen LogP contribution >= 0.6 is 0 Å². The summed E-state index contributed by atoms with van der Waals surface area (Å²) < 4.78 is 1.87. The van der Waals surface area contributed by atoms with Gasteiger partial charge in [-0.15, -0.1) is 0 Å². The van der Waals surface area contributed by atoms with Gasteiger partial charge in [-0.1, -0.05) is 30.3 Å². The van der Waals surface area contributed by atoms with Gasteiger partial charge >= 0.3 is 5.97 Å². The van der Waals surface area contributed by atoms with E-state index in [-0.39, 0.29) is 6.54 Å². The van der Waals surface area contributed by atoms with Crippen molar-refractivity contribution in [2.45, 2.75) is 44.3 Å². The molecule has 0 radical (unpaired) electrons. The van der Waals surface area contributed by atoms with Crippen LogP contribution in [0.15, 0.2) is 36.5 Å². The number of carbonyl (C=O) groups is 1. The third-order valence-electron chi connectivity index (χ3n) is 5.69.